The Kier molecular flexibility index (Phi) is 2.92. The fourth-order valence-electron chi connectivity index (χ4n) is 2.48. The number of aliphatic hydroxyl groups is 1. The van der Waals surface area contributed by atoms with Crippen LogP contribution >= 0.6 is 0 Å². The summed E-state index contributed by atoms with van der Waals surface area (Å²) in [5.74, 6) is 0.988. The molecule has 0 bridgehead atoms. The minimum absolute atomic E-state index is 0.109. The number of hydrogen-bond donors (Lipinski definition) is 1. The van der Waals surface area contributed by atoms with E-state index in [-0.39, 0.29) is 24.3 Å². The number of hydrogen-bond acceptors (Lipinski definition) is 5. The molecule has 7 heteroatoms. The van der Waals surface area contributed by atoms with Crippen LogP contribution in [0.1, 0.15) is 13.3 Å². The number of β-amino-alcohol motifs (C(OH)–C–C–N with tert-alkyl or cyclic N) is 1. The number of rotatable bonds is 2. The van der Waals surface area contributed by atoms with E-state index in [1.807, 2.05) is 0 Å². The van der Waals surface area contributed by atoms with Crippen LogP contribution in [0.3, 0.4) is 0 Å². The molecule has 3 rings (SSSR count). The monoisotopic (exact) mass is 285 g/mol. The van der Waals surface area contributed by atoms with Gasteiger partial charge in [-0.1, -0.05) is 0 Å². The minimum Gasteiger partial charge on any atom is -0.454 e. The highest BCUT2D eigenvalue weighted by atomic mass is 32.2. The van der Waals surface area contributed by atoms with E-state index in [1.54, 1.807) is 13.0 Å². The van der Waals surface area contributed by atoms with Gasteiger partial charge in [-0.25, -0.2) is 8.42 Å². The van der Waals surface area contributed by atoms with Gasteiger partial charge in [0.25, 0.3) is 0 Å². The number of sulfonamides is 1. The fraction of sp³-hybridized carbons (Fsp3) is 0.500. The van der Waals surface area contributed by atoms with Crippen LogP contribution < -0.4 is 9.47 Å². The Morgan fingerprint density at radius 1 is 1.32 bits per heavy atom. The maximum atomic E-state index is 12.5. The lowest BCUT2D eigenvalue weighted by Gasteiger charge is -2.20. The maximum absolute atomic E-state index is 12.5. The second kappa shape index (κ2) is 4.36. The average molecular weight is 285 g/mol. The molecule has 19 heavy (non-hydrogen) atoms. The molecule has 2 aliphatic rings. The van der Waals surface area contributed by atoms with E-state index in [0.29, 0.717) is 17.9 Å². The fourth-order valence-corrected chi connectivity index (χ4v) is 4.18. The molecule has 0 amide bonds. The predicted octanol–water partition coefficient (Wildman–Crippen LogP) is 0.559. The van der Waals surface area contributed by atoms with Crippen molar-refractivity contribution in [2.24, 2.45) is 0 Å². The van der Waals surface area contributed by atoms with Crippen LogP contribution in [-0.2, 0) is 10.0 Å². The molecular weight excluding hydrogens is 270 g/mol. The van der Waals surface area contributed by atoms with Crippen LogP contribution in [0.15, 0.2) is 23.1 Å². The van der Waals surface area contributed by atoms with Gasteiger partial charge in [0.1, 0.15) is 0 Å². The van der Waals surface area contributed by atoms with E-state index in [4.69, 9.17) is 9.47 Å². The number of ether oxygens (including phenoxy) is 2. The van der Waals surface area contributed by atoms with Gasteiger partial charge in [0.2, 0.25) is 16.8 Å². The number of aliphatic hydroxyl groups excluding tert-OH is 1. The van der Waals surface area contributed by atoms with Gasteiger partial charge in [-0.3, -0.25) is 0 Å². The predicted molar refractivity (Wildman–Crippen MR) is 66.5 cm³/mol. The molecule has 2 heterocycles. The van der Waals surface area contributed by atoms with Crippen molar-refractivity contribution in [1.82, 2.24) is 4.31 Å². The standard InChI is InChI=1S/C12H15NO5S/c1-8-4-9(14)6-13(8)19(15,16)10-2-3-11-12(5-10)18-7-17-11/h2-3,5,8-9,14H,4,6-7H2,1H3. The summed E-state index contributed by atoms with van der Waals surface area (Å²) in [6, 6.07) is 4.35. The summed E-state index contributed by atoms with van der Waals surface area (Å²) in [6.07, 6.45) is -0.136. The first-order valence-electron chi connectivity index (χ1n) is 6.08. The first-order chi connectivity index (χ1) is 8.98. The number of nitrogens with zero attached hydrogens (tertiary/aromatic N) is 1. The second-order valence-corrected chi connectivity index (χ2v) is 6.72. The molecule has 2 aliphatic heterocycles. The van der Waals surface area contributed by atoms with Crippen molar-refractivity contribution in [2.45, 2.75) is 30.4 Å². The summed E-state index contributed by atoms with van der Waals surface area (Å²) in [7, 11) is -3.60. The third-order valence-electron chi connectivity index (χ3n) is 3.45. The Hall–Kier alpha value is -1.31. The van der Waals surface area contributed by atoms with Crippen molar-refractivity contribution in [3.63, 3.8) is 0 Å². The largest absolute Gasteiger partial charge is 0.454 e. The van der Waals surface area contributed by atoms with Crippen LogP contribution in [0.25, 0.3) is 0 Å². The van der Waals surface area contributed by atoms with Gasteiger partial charge >= 0.3 is 0 Å². The Morgan fingerprint density at radius 3 is 2.74 bits per heavy atom. The molecule has 2 unspecified atom stereocenters. The van der Waals surface area contributed by atoms with Crippen LogP contribution in [0.2, 0.25) is 0 Å². The highest BCUT2D eigenvalue weighted by Gasteiger charge is 2.37. The van der Waals surface area contributed by atoms with Gasteiger partial charge in [0.15, 0.2) is 11.5 Å². The van der Waals surface area contributed by atoms with Gasteiger partial charge < -0.3 is 14.6 Å². The van der Waals surface area contributed by atoms with Crippen molar-refractivity contribution in [3.05, 3.63) is 18.2 Å². The molecule has 104 valence electrons. The van der Waals surface area contributed by atoms with Crippen molar-refractivity contribution in [1.29, 1.82) is 0 Å². The zero-order valence-corrected chi connectivity index (χ0v) is 11.3. The third kappa shape index (κ3) is 2.07. The first kappa shape index (κ1) is 12.7. The lowest BCUT2D eigenvalue weighted by molar-refractivity contribution is 0.174. The van der Waals surface area contributed by atoms with Gasteiger partial charge in [0.05, 0.1) is 11.0 Å². The molecule has 1 N–H and O–H groups in total. The van der Waals surface area contributed by atoms with E-state index >= 15 is 0 Å². The van der Waals surface area contributed by atoms with E-state index in [1.165, 1.54) is 16.4 Å². The van der Waals surface area contributed by atoms with Crippen molar-refractivity contribution in [2.75, 3.05) is 13.3 Å². The molecule has 0 radical (unpaired) electrons. The highest BCUT2D eigenvalue weighted by molar-refractivity contribution is 7.89. The molecule has 0 spiro atoms. The quantitative estimate of drug-likeness (QED) is 0.859. The summed E-state index contributed by atoms with van der Waals surface area (Å²) in [5.41, 5.74) is 0. The summed E-state index contributed by atoms with van der Waals surface area (Å²) < 4.78 is 36.7. The van der Waals surface area contributed by atoms with Gasteiger partial charge in [-0.05, 0) is 25.5 Å². The summed E-state index contributed by atoms with van der Waals surface area (Å²) in [4.78, 5) is 0.165. The second-order valence-electron chi connectivity index (χ2n) is 4.83. The van der Waals surface area contributed by atoms with E-state index < -0.39 is 16.1 Å². The minimum atomic E-state index is -3.60. The lowest BCUT2D eigenvalue weighted by Crippen LogP contribution is -2.34. The molecule has 1 aromatic carbocycles. The molecule has 1 aromatic rings. The first-order valence-corrected chi connectivity index (χ1v) is 7.52. The third-order valence-corrected chi connectivity index (χ3v) is 5.42. The normalized spacial score (nSPS) is 26.8. The molecule has 1 fully saturated rings. The Labute approximate surface area is 111 Å². The molecule has 6 nitrogen and oxygen atoms in total. The molecule has 0 aromatic heterocycles. The average Bonchev–Trinajstić information content (AvgIpc) is 2.94. The highest BCUT2D eigenvalue weighted by Crippen LogP contribution is 2.35. The lowest BCUT2D eigenvalue weighted by atomic mass is 10.2. The summed E-state index contributed by atoms with van der Waals surface area (Å²) in [6.45, 7) is 2.04. The number of fused-ring (bicyclic) bond motifs is 1. The topological polar surface area (TPSA) is 76.1 Å². The van der Waals surface area contributed by atoms with Crippen LogP contribution in [0.4, 0.5) is 0 Å². The Morgan fingerprint density at radius 2 is 2.05 bits per heavy atom. The van der Waals surface area contributed by atoms with Gasteiger partial charge in [-0.2, -0.15) is 4.31 Å². The van der Waals surface area contributed by atoms with Gasteiger partial charge in [0, 0.05) is 18.7 Å². The van der Waals surface area contributed by atoms with Crippen LogP contribution in [-0.4, -0.2) is 43.3 Å². The Balaban J connectivity index is 1.96. The van der Waals surface area contributed by atoms with Crippen molar-refractivity contribution in [3.8, 4) is 11.5 Å². The van der Waals surface area contributed by atoms with E-state index in [2.05, 4.69) is 0 Å². The zero-order chi connectivity index (χ0) is 13.6. The molecule has 1 saturated heterocycles. The molecule has 0 aliphatic carbocycles. The number of benzene rings is 1. The van der Waals surface area contributed by atoms with E-state index in [9.17, 15) is 13.5 Å². The van der Waals surface area contributed by atoms with Crippen LogP contribution in [0, 0.1) is 0 Å². The Bertz CT molecular complexity index is 600. The molecule has 0 saturated carbocycles. The maximum Gasteiger partial charge on any atom is 0.243 e. The molecular formula is C12H15NO5S. The summed E-state index contributed by atoms with van der Waals surface area (Å²) in [5, 5.41) is 9.58. The summed E-state index contributed by atoms with van der Waals surface area (Å²) >= 11 is 0. The SMILES string of the molecule is CC1CC(O)CN1S(=O)(=O)c1ccc2c(c1)OCO2. The van der Waals surface area contributed by atoms with E-state index in [0.717, 1.165) is 0 Å². The smallest absolute Gasteiger partial charge is 0.243 e. The van der Waals surface area contributed by atoms with Gasteiger partial charge in [-0.15, -0.1) is 0 Å². The van der Waals surface area contributed by atoms with Crippen molar-refractivity contribution >= 4 is 10.0 Å². The molecule has 2 atom stereocenters. The van der Waals surface area contributed by atoms with Crippen molar-refractivity contribution < 1.29 is 23.0 Å². The van der Waals surface area contributed by atoms with Crippen LogP contribution in [0.5, 0.6) is 11.5 Å². The zero-order valence-electron chi connectivity index (χ0n) is 10.4.